The van der Waals surface area contributed by atoms with Gasteiger partial charge < -0.3 is 4.42 Å². The summed E-state index contributed by atoms with van der Waals surface area (Å²) in [6.07, 6.45) is 0. The van der Waals surface area contributed by atoms with Crippen LogP contribution in [-0.4, -0.2) is 0 Å². The summed E-state index contributed by atoms with van der Waals surface area (Å²) >= 11 is 0. The summed E-state index contributed by atoms with van der Waals surface area (Å²) in [5.74, 6) is 0. The molecular weight excluding hydrogens is 520 g/mol. The van der Waals surface area contributed by atoms with Gasteiger partial charge >= 0.3 is 0 Å². The fourth-order valence-electron chi connectivity index (χ4n) is 6.91. The van der Waals surface area contributed by atoms with Crippen LogP contribution < -0.4 is 0 Å². The van der Waals surface area contributed by atoms with Crippen LogP contribution in [0.2, 0.25) is 0 Å². The Hall–Kier alpha value is -5.66. The van der Waals surface area contributed by atoms with Crippen LogP contribution in [-0.2, 0) is 0 Å². The van der Waals surface area contributed by atoms with Gasteiger partial charge in [0.25, 0.3) is 0 Å². The third kappa shape index (κ3) is 3.65. The number of hydrogen-bond donors (Lipinski definition) is 0. The SMILES string of the molecule is c1ccc(-c2ccc(-c3c4ccccc4c(-c4cccc5c4oc4c6ccccc6ccc54)c4ccccc34)cc2)cc1. The van der Waals surface area contributed by atoms with Crippen molar-refractivity contribution in [1.82, 2.24) is 0 Å². The molecule has 0 spiro atoms. The Labute approximate surface area is 249 Å². The summed E-state index contributed by atoms with van der Waals surface area (Å²) < 4.78 is 6.82. The number of furan rings is 1. The smallest absolute Gasteiger partial charge is 0.143 e. The molecule has 1 aromatic heterocycles. The number of para-hydroxylation sites is 1. The van der Waals surface area contributed by atoms with Crippen LogP contribution in [0.4, 0.5) is 0 Å². The number of hydrogen-bond acceptors (Lipinski definition) is 1. The van der Waals surface area contributed by atoms with Crippen molar-refractivity contribution in [2.24, 2.45) is 0 Å². The van der Waals surface area contributed by atoms with Crippen molar-refractivity contribution in [3.05, 3.63) is 158 Å². The van der Waals surface area contributed by atoms with E-state index in [0.29, 0.717) is 0 Å². The zero-order chi connectivity index (χ0) is 28.3. The second-order valence-corrected chi connectivity index (χ2v) is 11.2. The van der Waals surface area contributed by atoms with E-state index in [0.717, 1.165) is 32.9 Å². The van der Waals surface area contributed by atoms with E-state index < -0.39 is 0 Å². The first-order valence-corrected chi connectivity index (χ1v) is 14.8. The predicted octanol–water partition coefficient (Wildman–Crippen LogP) is 12.0. The number of benzene rings is 8. The highest BCUT2D eigenvalue weighted by Crippen LogP contribution is 2.47. The minimum atomic E-state index is 0.934. The van der Waals surface area contributed by atoms with E-state index in [1.165, 1.54) is 54.7 Å². The normalized spacial score (nSPS) is 11.7. The quantitative estimate of drug-likeness (QED) is 0.201. The Morgan fingerprint density at radius 2 is 0.791 bits per heavy atom. The van der Waals surface area contributed by atoms with Crippen LogP contribution in [0.5, 0.6) is 0 Å². The van der Waals surface area contributed by atoms with E-state index in [2.05, 4.69) is 158 Å². The van der Waals surface area contributed by atoms with Gasteiger partial charge in [0.15, 0.2) is 0 Å². The fourth-order valence-corrected chi connectivity index (χ4v) is 6.91. The Bertz CT molecular complexity index is 2420. The third-order valence-corrected chi connectivity index (χ3v) is 8.87. The van der Waals surface area contributed by atoms with Crippen LogP contribution >= 0.6 is 0 Å². The van der Waals surface area contributed by atoms with Gasteiger partial charge in [0.1, 0.15) is 11.2 Å². The van der Waals surface area contributed by atoms with E-state index >= 15 is 0 Å². The Balaban J connectivity index is 1.34. The molecule has 200 valence electrons. The van der Waals surface area contributed by atoms with E-state index in [-0.39, 0.29) is 0 Å². The molecule has 1 heteroatoms. The summed E-state index contributed by atoms with van der Waals surface area (Å²) in [6, 6.07) is 56.7. The van der Waals surface area contributed by atoms with Gasteiger partial charge in [-0.25, -0.2) is 0 Å². The minimum Gasteiger partial charge on any atom is -0.455 e. The van der Waals surface area contributed by atoms with Gasteiger partial charge in [-0.2, -0.15) is 0 Å². The summed E-state index contributed by atoms with van der Waals surface area (Å²) in [5, 5.41) is 9.55. The van der Waals surface area contributed by atoms with Crippen LogP contribution in [0.3, 0.4) is 0 Å². The molecule has 0 aliphatic heterocycles. The zero-order valence-electron chi connectivity index (χ0n) is 23.4. The lowest BCUT2D eigenvalue weighted by Gasteiger charge is -2.18. The van der Waals surface area contributed by atoms with Gasteiger partial charge in [0, 0.05) is 27.3 Å². The summed E-state index contributed by atoms with van der Waals surface area (Å²) in [7, 11) is 0. The zero-order valence-corrected chi connectivity index (χ0v) is 23.4. The molecule has 0 saturated heterocycles. The molecule has 1 nitrogen and oxygen atoms in total. The molecule has 0 aliphatic carbocycles. The van der Waals surface area contributed by atoms with E-state index in [9.17, 15) is 0 Å². The molecular formula is C42H26O. The van der Waals surface area contributed by atoms with Crippen molar-refractivity contribution in [2.75, 3.05) is 0 Å². The molecule has 0 radical (unpaired) electrons. The number of fused-ring (bicyclic) bond motifs is 7. The van der Waals surface area contributed by atoms with Crippen LogP contribution in [0.25, 0.3) is 87.6 Å². The van der Waals surface area contributed by atoms with Gasteiger partial charge in [0.05, 0.1) is 0 Å². The Kier molecular flexibility index (Phi) is 5.27. The Morgan fingerprint density at radius 3 is 1.49 bits per heavy atom. The average molecular weight is 547 g/mol. The molecule has 8 aromatic carbocycles. The van der Waals surface area contributed by atoms with Crippen molar-refractivity contribution < 1.29 is 4.42 Å². The monoisotopic (exact) mass is 546 g/mol. The molecule has 0 N–H and O–H groups in total. The predicted molar refractivity (Wildman–Crippen MR) is 183 cm³/mol. The first-order valence-electron chi connectivity index (χ1n) is 14.8. The molecule has 0 aliphatic rings. The molecule has 0 saturated carbocycles. The Morgan fingerprint density at radius 1 is 0.279 bits per heavy atom. The highest BCUT2D eigenvalue weighted by atomic mass is 16.3. The van der Waals surface area contributed by atoms with Crippen LogP contribution in [0.15, 0.2) is 162 Å². The van der Waals surface area contributed by atoms with Gasteiger partial charge in [-0.05, 0) is 55.3 Å². The summed E-state index contributed by atoms with van der Waals surface area (Å²) in [4.78, 5) is 0. The van der Waals surface area contributed by atoms with Crippen molar-refractivity contribution in [1.29, 1.82) is 0 Å². The lowest BCUT2D eigenvalue weighted by molar-refractivity contribution is 0.674. The average Bonchev–Trinajstić information content (AvgIpc) is 3.47. The first kappa shape index (κ1) is 24.0. The van der Waals surface area contributed by atoms with E-state index in [1.54, 1.807) is 0 Å². The molecule has 0 amide bonds. The molecule has 0 bridgehead atoms. The molecule has 9 rings (SSSR count). The van der Waals surface area contributed by atoms with Crippen molar-refractivity contribution in [3.8, 4) is 33.4 Å². The molecule has 9 aromatic rings. The van der Waals surface area contributed by atoms with E-state index in [1.807, 2.05) is 0 Å². The van der Waals surface area contributed by atoms with Crippen LogP contribution in [0, 0.1) is 0 Å². The van der Waals surface area contributed by atoms with Crippen molar-refractivity contribution >= 4 is 54.3 Å². The highest BCUT2D eigenvalue weighted by molar-refractivity contribution is 6.25. The summed E-state index contributed by atoms with van der Waals surface area (Å²) in [5.41, 5.74) is 9.14. The lowest BCUT2D eigenvalue weighted by atomic mass is 9.85. The van der Waals surface area contributed by atoms with Gasteiger partial charge in [0.2, 0.25) is 0 Å². The molecule has 1 heterocycles. The van der Waals surface area contributed by atoms with Gasteiger partial charge in [-0.3, -0.25) is 0 Å². The van der Waals surface area contributed by atoms with E-state index in [4.69, 9.17) is 4.42 Å². The van der Waals surface area contributed by atoms with Gasteiger partial charge in [-0.15, -0.1) is 0 Å². The highest BCUT2D eigenvalue weighted by Gasteiger charge is 2.20. The molecule has 0 fully saturated rings. The van der Waals surface area contributed by atoms with Crippen molar-refractivity contribution in [3.63, 3.8) is 0 Å². The lowest BCUT2D eigenvalue weighted by Crippen LogP contribution is -1.91. The fraction of sp³-hybridized carbons (Fsp3) is 0. The largest absolute Gasteiger partial charge is 0.455 e. The topological polar surface area (TPSA) is 13.1 Å². The minimum absolute atomic E-state index is 0.934. The second-order valence-electron chi connectivity index (χ2n) is 11.2. The molecule has 0 unspecified atom stereocenters. The maximum atomic E-state index is 6.82. The second kappa shape index (κ2) is 9.44. The van der Waals surface area contributed by atoms with Gasteiger partial charge in [-0.1, -0.05) is 152 Å². The summed E-state index contributed by atoms with van der Waals surface area (Å²) in [6.45, 7) is 0. The van der Waals surface area contributed by atoms with Crippen molar-refractivity contribution in [2.45, 2.75) is 0 Å². The van der Waals surface area contributed by atoms with Crippen LogP contribution in [0.1, 0.15) is 0 Å². The first-order chi connectivity index (χ1) is 21.3. The maximum Gasteiger partial charge on any atom is 0.143 e. The standard InChI is InChI=1S/C42H26O/c1-2-11-27(12-3-1)28-21-23-30(24-22-28)39-32-15-6-8-17-34(32)40(35-18-9-7-16-33(35)39)38-20-10-19-36-37-26-25-29-13-4-5-14-31(29)41(37)43-42(36)38/h1-26H. The molecule has 43 heavy (non-hydrogen) atoms. The third-order valence-electron chi connectivity index (χ3n) is 8.87. The number of rotatable bonds is 3. The molecule has 0 atom stereocenters. The maximum absolute atomic E-state index is 6.82.